The summed E-state index contributed by atoms with van der Waals surface area (Å²) in [7, 11) is 0. The van der Waals surface area contributed by atoms with Crippen molar-refractivity contribution in [3.63, 3.8) is 0 Å². The molecule has 0 bridgehead atoms. The summed E-state index contributed by atoms with van der Waals surface area (Å²) >= 11 is 0. The Bertz CT molecular complexity index is 799. The smallest absolute Gasteiger partial charge is 0.303 e. The fraction of sp³-hybridized carbons (Fsp3) is 0.417. The highest BCUT2D eigenvalue weighted by Crippen LogP contribution is 2.23. The van der Waals surface area contributed by atoms with Gasteiger partial charge in [0, 0.05) is 30.1 Å². The molecule has 0 unspecified atom stereocenters. The first-order chi connectivity index (χ1) is 13.9. The Hall–Kier alpha value is -2.82. The molecular formula is C24H31NO4. The van der Waals surface area contributed by atoms with Crippen LogP contribution < -0.4 is 4.74 Å². The average Bonchev–Trinajstić information content (AvgIpc) is 2.69. The van der Waals surface area contributed by atoms with Gasteiger partial charge in [0.1, 0.15) is 5.75 Å². The molecule has 0 radical (unpaired) electrons. The number of nitrogens with zero attached hydrogens (tertiary/aromatic N) is 1. The second kappa shape index (κ2) is 11.2. The molecule has 1 N–H and O–H groups in total. The van der Waals surface area contributed by atoms with Crippen LogP contribution in [0.25, 0.3) is 0 Å². The third kappa shape index (κ3) is 7.26. The van der Waals surface area contributed by atoms with Crippen LogP contribution in [0.4, 0.5) is 0 Å². The summed E-state index contributed by atoms with van der Waals surface area (Å²) in [6.07, 6.45) is 2.48. The molecule has 5 nitrogen and oxygen atoms in total. The molecule has 5 heteroatoms. The van der Waals surface area contributed by atoms with Crippen molar-refractivity contribution in [2.75, 3.05) is 6.61 Å². The molecule has 156 valence electrons. The summed E-state index contributed by atoms with van der Waals surface area (Å²) in [4.78, 5) is 25.5. The highest BCUT2D eigenvalue weighted by molar-refractivity contribution is 5.94. The van der Waals surface area contributed by atoms with Gasteiger partial charge < -0.3 is 14.7 Å². The Morgan fingerprint density at radius 3 is 2.34 bits per heavy atom. The van der Waals surface area contributed by atoms with Crippen LogP contribution in [0.3, 0.4) is 0 Å². The molecule has 0 saturated heterocycles. The van der Waals surface area contributed by atoms with Crippen molar-refractivity contribution in [1.82, 2.24) is 4.90 Å². The lowest BCUT2D eigenvalue weighted by molar-refractivity contribution is -0.137. The molecule has 2 aromatic rings. The van der Waals surface area contributed by atoms with Crippen molar-refractivity contribution in [3.8, 4) is 5.75 Å². The lowest BCUT2D eigenvalue weighted by Gasteiger charge is -2.28. The van der Waals surface area contributed by atoms with Crippen LogP contribution in [0.2, 0.25) is 0 Å². The maximum Gasteiger partial charge on any atom is 0.303 e. The number of ether oxygens (including phenoxy) is 1. The molecule has 0 atom stereocenters. The molecule has 0 aliphatic rings. The first-order valence-electron chi connectivity index (χ1n) is 10.2. The molecule has 1 amide bonds. The van der Waals surface area contributed by atoms with Crippen LogP contribution in [-0.4, -0.2) is 34.5 Å². The molecule has 0 spiro atoms. The van der Waals surface area contributed by atoms with E-state index in [0.29, 0.717) is 25.1 Å². The van der Waals surface area contributed by atoms with Crippen LogP contribution in [0, 0.1) is 6.92 Å². The standard InChI is InChI=1S/C24H31NO4/c1-18(2)25(24(28)20-14-12-19(3)13-15-20)17-21-9-6-7-10-22(21)29-16-8-4-5-11-23(26)27/h6-7,9-10,12-15,18H,4-5,8,11,16-17H2,1-3H3,(H,26,27). The van der Waals surface area contributed by atoms with E-state index in [4.69, 9.17) is 9.84 Å². The molecule has 0 aliphatic carbocycles. The van der Waals surface area contributed by atoms with E-state index < -0.39 is 5.97 Å². The third-order valence-electron chi connectivity index (χ3n) is 4.79. The summed E-state index contributed by atoms with van der Waals surface area (Å²) < 4.78 is 5.94. The first kappa shape index (κ1) is 22.5. The predicted molar refractivity (Wildman–Crippen MR) is 114 cm³/mol. The van der Waals surface area contributed by atoms with Crippen molar-refractivity contribution >= 4 is 11.9 Å². The zero-order valence-corrected chi connectivity index (χ0v) is 17.6. The van der Waals surface area contributed by atoms with Gasteiger partial charge in [0.05, 0.1) is 6.61 Å². The van der Waals surface area contributed by atoms with Gasteiger partial charge in [-0.15, -0.1) is 0 Å². The van der Waals surface area contributed by atoms with Crippen molar-refractivity contribution < 1.29 is 19.4 Å². The molecule has 29 heavy (non-hydrogen) atoms. The Kier molecular flexibility index (Phi) is 8.71. The average molecular weight is 398 g/mol. The van der Waals surface area contributed by atoms with Gasteiger partial charge in [-0.3, -0.25) is 9.59 Å². The Morgan fingerprint density at radius 2 is 1.69 bits per heavy atom. The maximum atomic E-state index is 13.0. The highest BCUT2D eigenvalue weighted by Gasteiger charge is 2.20. The van der Waals surface area contributed by atoms with Gasteiger partial charge in [-0.2, -0.15) is 0 Å². The number of carboxylic acid groups (broad SMARTS) is 1. The molecule has 2 rings (SSSR count). The fourth-order valence-electron chi connectivity index (χ4n) is 3.05. The topological polar surface area (TPSA) is 66.8 Å². The van der Waals surface area contributed by atoms with E-state index >= 15 is 0 Å². The number of aliphatic carboxylic acids is 1. The van der Waals surface area contributed by atoms with E-state index in [-0.39, 0.29) is 18.4 Å². The minimum absolute atomic E-state index is 0.00322. The predicted octanol–water partition coefficient (Wildman–Crippen LogP) is 5.07. The van der Waals surface area contributed by atoms with Crippen LogP contribution in [0.1, 0.15) is 61.0 Å². The zero-order chi connectivity index (χ0) is 21.2. The number of hydrogen-bond donors (Lipinski definition) is 1. The normalized spacial score (nSPS) is 10.8. The second-order valence-corrected chi connectivity index (χ2v) is 7.55. The van der Waals surface area contributed by atoms with Crippen LogP contribution in [0.5, 0.6) is 5.75 Å². The third-order valence-corrected chi connectivity index (χ3v) is 4.79. The first-order valence-corrected chi connectivity index (χ1v) is 10.2. The summed E-state index contributed by atoms with van der Waals surface area (Å²) in [5.74, 6) is 0.0137. The fourth-order valence-corrected chi connectivity index (χ4v) is 3.05. The number of benzene rings is 2. The number of carbonyl (C=O) groups excluding carboxylic acids is 1. The van der Waals surface area contributed by atoms with Crippen LogP contribution in [0.15, 0.2) is 48.5 Å². The van der Waals surface area contributed by atoms with Crippen molar-refractivity contribution in [1.29, 1.82) is 0 Å². The number of para-hydroxylation sites is 1. The summed E-state index contributed by atoms with van der Waals surface area (Å²) in [6, 6.07) is 15.5. The SMILES string of the molecule is Cc1ccc(C(=O)N(Cc2ccccc2OCCCCCC(=O)O)C(C)C)cc1. The Morgan fingerprint density at radius 1 is 1.00 bits per heavy atom. The number of carbonyl (C=O) groups is 2. The van der Waals surface area contributed by atoms with Crippen molar-refractivity contribution in [2.45, 2.75) is 59.0 Å². The summed E-state index contributed by atoms with van der Waals surface area (Å²) in [5, 5.41) is 8.69. The summed E-state index contributed by atoms with van der Waals surface area (Å²) in [6.45, 7) is 7.03. The van der Waals surface area contributed by atoms with E-state index in [1.165, 1.54) is 0 Å². The Labute approximate surface area is 173 Å². The van der Waals surface area contributed by atoms with Gasteiger partial charge in [0.25, 0.3) is 5.91 Å². The van der Waals surface area contributed by atoms with Gasteiger partial charge in [0.2, 0.25) is 0 Å². The van der Waals surface area contributed by atoms with E-state index in [2.05, 4.69) is 0 Å². The number of rotatable bonds is 11. The minimum Gasteiger partial charge on any atom is -0.493 e. The van der Waals surface area contributed by atoms with E-state index in [0.717, 1.165) is 29.7 Å². The lowest BCUT2D eigenvalue weighted by atomic mass is 10.1. The Balaban J connectivity index is 2.01. The molecule has 0 heterocycles. The van der Waals surface area contributed by atoms with Gasteiger partial charge in [0.15, 0.2) is 0 Å². The van der Waals surface area contributed by atoms with E-state index in [1.54, 1.807) is 0 Å². The molecule has 2 aromatic carbocycles. The van der Waals surface area contributed by atoms with E-state index in [1.807, 2.05) is 74.2 Å². The lowest BCUT2D eigenvalue weighted by Crippen LogP contribution is -2.36. The molecule has 0 fully saturated rings. The number of amides is 1. The number of aryl methyl sites for hydroxylation is 1. The van der Waals surface area contributed by atoms with Gasteiger partial charge in [-0.05, 0) is 58.2 Å². The van der Waals surface area contributed by atoms with Crippen molar-refractivity contribution in [3.05, 3.63) is 65.2 Å². The summed E-state index contributed by atoms with van der Waals surface area (Å²) in [5.41, 5.74) is 2.77. The van der Waals surface area contributed by atoms with Crippen molar-refractivity contribution in [2.24, 2.45) is 0 Å². The monoisotopic (exact) mass is 397 g/mol. The maximum absolute atomic E-state index is 13.0. The largest absolute Gasteiger partial charge is 0.493 e. The molecule has 0 aliphatic heterocycles. The second-order valence-electron chi connectivity index (χ2n) is 7.55. The quantitative estimate of drug-likeness (QED) is 0.538. The zero-order valence-electron chi connectivity index (χ0n) is 17.6. The van der Waals surface area contributed by atoms with Crippen LogP contribution in [-0.2, 0) is 11.3 Å². The number of carboxylic acids is 1. The van der Waals surface area contributed by atoms with Gasteiger partial charge in [-0.25, -0.2) is 0 Å². The van der Waals surface area contributed by atoms with Crippen LogP contribution >= 0.6 is 0 Å². The molecular weight excluding hydrogens is 366 g/mol. The number of unbranched alkanes of at least 4 members (excludes halogenated alkanes) is 2. The highest BCUT2D eigenvalue weighted by atomic mass is 16.5. The van der Waals surface area contributed by atoms with Gasteiger partial charge in [-0.1, -0.05) is 35.9 Å². The minimum atomic E-state index is -0.761. The molecule has 0 saturated carbocycles. The van der Waals surface area contributed by atoms with E-state index in [9.17, 15) is 9.59 Å². The van der Waals surface area contributed by atoms with Gasteiger partial charge >= 0.3 is 5.97 Å². The molecule has 0 aromatic heterocycles. The number of hydrogen-bond acceptors (Lipinski definition) is 3.